The Morgan fingerprint density at radius 3 is 2.63 bits per heavy atom. The summed E-state index contributed by atoms with van der Waals surface area (Å²) in [5, 5.41) is 13.6. The number of nitrogens with zero attached hydrogens (tertiary/aromatic N) is 1. The second-order valence-corrected chi connectivity index (χ2v) is 4.99. The maximum atomic E-state index is 11.8. The summed E-state index contributed by atoms with van der Waals surface area (Å²) in [5.74, 6) is -1.03. The average molecular weight is 261 g/mol. The van der Waals surface area contributed by atoms with Gasteiger partial charge in [0, 0.05) is 24.9 Å². The zero-order valence-electron chi connectivity index (χ0n) is 10.7. The van der Waals surface area contributed by atoms with Gasteiger partial charge in [-0.1, -0.05) is 0 Å². The zero-order valence-corrected chi connectivity index (χ0v) is 10.7. The van der Waals surface area contributed by atoms with E-state index in [0.29, 0.717) is 30.9 Å². The molecule has 0 bridgehead atoms. The Morgan fingerprint density at radius 1 is 1.32 bits per heavy atom. The molecule has 19 heavy (non-hydrogen) atoms. The molecule has 1 aliphatic rings. The third-order valence-electron chi connectivity index (χ3n) is 3.66. The van der Waals surface area contributed by atoms with Crippen molar-refractivity contribution in [1.29, 1.82) is 0 Å². The van der Waals surface area contributed by atoms with Gasteiger partial charge in [-0.15, -0.1) is 0 Å². The first-order valence-corrected chi connectivity index (χ1v) is 6.56. The SMILES string of the molecule is O=C(NCC1CCC(C(=O)[O-])CC1)c1cccnc1. The number of nitrogens with one attached hydrogen (secondary N) is 1. The maximum absolute atomic E-state index is 11.8. The molecule has 1 saturated carbocycles. The third-order valence-corrected chi connectivity index (χ3v) is 3.66. The van der Waals surface area contributed by atoms with Crippen molar-refractivity contribution in [3.63, 3.8) is 0 Å². The molecule has 0 atom stereocenters. The molecule has 0 unspecified atom stereocenters. The Bertz CT molecular complexity index is 439. The molecule has 102 valence electrons. The minimum Gasteiger partial charge on any atom is -0.550 e. The van der Waals surface area contributed by atoms with Crippen molar-refractivity contribution in [1.82, 2.24) is 10.3 Å². The van der Waals surface area contributed by atoms with E-state index in [0.717, 1.165) is 12.8 Å². The van der Waals surface area contributed by atoms with Crippen LogP contribution in [0.4, 0.5) is 0 Å². The van der Waals surface area contributed by atoms with Gasteiger partial charge in [-0.25, -0.2) is 0 Å². The molecular weight excluding hydrogens is 244 g/mol. The Morgan fingerprint density at radius 2 is 2.05 bits per heavy atom. The molecule has 2 rings (SSSR count). The number of pyridine rings is 1. The van der Waals surface area contributed by atoms with Crippen LogP contribution in [0.15, 0.2) is 24.5 Å². The van der Waals surface area contributed by atoms with Crippen molar-refractivity contribution in [2.45, 2.75) is 25.7 Å². The third kappa shape index (κ3) is 3.77. The van der Waals surface area contributed by atoms with Crippen LogP contribution >= 0.6 is 0 Å². The molecule has 1 aromatic heterocycles. The molecule has 0 spiro atoms. The van der Waals surface area contributed by atoms with Crippen LogP contribution in [0.5, 0.6) is 0 Å². The summed E-state index contributed by atoms with van der Waals surface area (Å²) < 4.78 is 0. The molecule has 0 saturated heterocycles. The lowest BCUT2D eigenvalue weighted by molar-refractivity contribution is -0.312. The second-order valence-electron chi connectivity index (χ2n) is 4.99. The van der Waals surface area contributed by atoms with Gasteiger partial charge in [0.25, 0.3) is 5.91 Å². The van der Waals surface area contributed by atoms with Crippen molar-refractivity contribution < 1.29 is 14.7 Å². The fourth-order valence-corrected chi connectivity index (χ4v) is 2.44. The first-order chi connectivity index (χ1) is 9.16. The molecule has 0 radical (unpaired) electrons. The van der Waals surface area contributed by atoms with E-state index in [-0.39, 0.29) is 11.8 Å². The van der Waals surface area contributed by atoms with Crippen molar-refractivity contribution in [2.24, 2.45) is 11.8 Å². The van der Waals surface area contributed by atoms with Gasteiger partial charge >= 0.3 is 0 Å². The quantitative estimate of drug-likeness (QED) is 0.848. The Labute approximate surface area is 112 Å². The molecule has 5 heteroatoms. The molecule has 1 amide bonds. The Kier molecular flexibility index (Phi) is 4.49. The molecular formula is C14H17N2O3-. The van der Waals surface area contributed by atoms with E-state index < -0.39 is 5.97 Å². The van der Waals surface area contributed by atoms with Crippen LogP contribution in [0.25, 0.3) is 0 Å². The molecule has 0 aromatic carbocycles. The highest BCUT2D eigenvalue weighted by Gasteiger charge is 2.22. The van der Waals surface area contributed by atoms with Gasteiger partial charge in [-0.2, -0.15) is 0 Å². The lowest BCUT2D eigenvalue weighted by atomic mass is 9.82. The van der Waals surface area contributed by atoms with E-state index >= 15 is 0 Å². The number of carbonyl (C=O) groups is 2. The number of aliphatic carboxylic acids is 1. The molecule has 1 aliphatic carbocycles. The van der Waals surface area contributed by atoms with Crippen LogP contribution < -0.4 is 10.4 Å². The first kappa shape index (κ1) is 13.5. The van der Waals surface area contributed by atoms with Crippen LogP contribution in [0.3, 0.4) is 0 Å². The predicted octanol–water partition coefficient (Wildman–Crippen LogP) is 0.368. The van der Waals surface area contributed by atoms with Crippen molar-refractivity contribution in [3.05, 3.63) is 30.1 Å². The lowest BCUT2D eigenvalue weighted by Crippen LogP contribution is -2.36. The number of hydrogen-bond acceptors (Lipinski definition) is 4. The van der Waals surface area contributed by atoms with Gasteiger partial charge < -0.3 is 15.2 Å². The number of rotatable bonds is 4. The lowest BCUT2D eigenvalue weighted by Gasteiger charge is -2.29. The topological polar surface area (TPSA) is 82.1 Å². The number of amides is 1. The standard InChI is InChI=1S/C14H18N2O3/c17-13(12-2-1-7-15-9-12)16-8-10-3-5-11(6-4-10)14(18)19/h1-2,7,9-11H,3-6,8H2,(H,16,17)(H,18,19)/p-1. The van der Waals surface area contributed by atoms with Crippen LogP contribution in [-0.2, 0) is 4.79 Å². The minimum absolute atomic E-state index is 0.130. The van der Waals surface area contributed by atoms with Crippen LogP contribution in [0, 0.1) is 11.8 Å². The van der Waals surface area contributed by atoms with E-state index in [4.69, 9.17) is 0 Å². The summed E-state index contributed by atoms with van der Waals surface area (Å²) in [4.78, 5) is 26.4. The molecule has 1 fully saturated rings. The van der Waals surface area contributed by atoms with Crippen LogP contribution in [-0.4, -0.2) is 23.4 Å². The number of carbonyl (C=O) groups excluding carboxylic acids is 2. The normalized spacial score (nSPS) is 22.7. The molecule has 5 nitrogen and oxygen atoms in total. The monoisotopic (exact) mass is 261 g/mol. The molecule has 1 N–H and O–H groups in total. The molecule has 1 aromatic rings. The number of aromatic nitrogens is 1. The fourth-order valence-electron chi connectivity index (χ4n) is 2.44. The van der Waals surface area contributed by atoms with Gasteiger partial charge in [-0.05, 0) is 49.7 Å². The summed E-state index contributed by atoms with van der Waals surface area (Å²) in [7, 11) is 0. The zero-order chi connectivity index (χ0) is 13.7. The maximum Gasteiger partial charge on any atom is 0.252 e. The van der Waals surface area contributed by atoms with Gasteiger partial charge in [-0.3, -0.25) is 9.78 Å². The summed E-state index contributed by atoms with van der Waals surface area (Å²) in [5.41, 5.74) is 0.547. The van der Waals surface area contributed by atoms with E-state index in [1.807, 2.05) is 0 Å². The van der Waals surface area contributed by atoms with E-state index in [1.165, 1.54) is 6.20 Å². The Hall–Kier alpha value is -1.91. The summed E-state index contributed by atoms with van der Waals surface area (Å²) in [6, 6.07) is 3.44. The minimum atomic E-state index is -0.946. The molecule has 1 heterocycles. The fraction of sp³-hybridized carbons (Fsp3) is 0.500. The van der Waals surface area contributed by atoms with Crippen molar-refractivity contribution in [3.8, 4) is 0 Å². The highest BCUT2D eigenvalue weighted by Crippen LogP contribution is 2.27. The van der Waals surface area contributed by atoms with E-state index in [2.05, 4.69) is 10.3 Å². The molecule has 0 aliphatic heterocycles. The van der Waals surface area contributed by atoms with Gasteiger partial charge in [0.2, 0.25) is 0 Å². The number of carboxylic acids is 1. The largest absolute Gasteiger partial charge is 0.550 e. The summed E-state index contributed by atoms with van der Waals surface area (Å²) >= 11 is 0. The van der Waals surface area contributed by atoms with E-state index in [9.17, 15) is 14.7 Å². The predicted molar refractivity (Wildman–Crippen MR) is 67.0 cm³/mol. The van der Waals surface area contributed by atoms with Crippen molar-refractivity contribution >= 4 is 11.9 Å². The van der Waals surface area contributed by atoms with Gasteiger partial charge in [0.1, 0.15) is 0 Å². The highest BCUT2D eigenvalue weighted by molar-refractivity contribution is 5.93. The smallest absolute Gasteiger partial charge is 0.252 e. The van der Waals surface area contributed by atoms with Crippen LogP contribution in [0.1, 0.15) is 36.0 Å². The van der Waals surface area contributed by atoms with E-state index in [1.54, 1.807) is 18.3 Å². The van der Waals surface area contributed by atoms with Gasteiger partial charge in [0.05, 0.1) is 5.56 Å². The van der Waals surface area contributed by atoms with Gasteiger partial charge in [0.15, 0.2) is 0 Å². The van der Waals surface area contributed by atoms with Crippen molar-refractivity contribution in [2.75, 3.05) is 6.54 Å². The summed E-state index contributed by atoms with van der Waals surface area (Å²) in [6.07, 6.45) is 6.10. The number of hydrogen-bond donors (Lipinski definition) is 1. The Balaban J connectivity index is 1.75. The highest BCUT2D eigenvalue weighted by atomic mass is 16.4. The first-order valence-electron chi connectivity index (χ1n) is 6.56. The number of carboxylic acid groups (broad SMARTS) is 1. The van der Waals surface area contributed by atoms with Crippen LogP contribution in [0.2, 0.25) is 0 Å². The second kappa shape index (κ2) is 6.31. The summed E-state index contributed by atoms with van der Waals surface area (Å²) in [6.45, 7) is 0.591. The average Bonchev–Trinajstić information content (AvgIpc) is 2.46.